The zero-order chi connectivity index (χ0) is 11.5. The zero-order valence-electron chi connectivity index (χ0n) is 9.53. The minimum atomic E-state index is -0.382. The van der Waals surface area contributed by atoms with Gasteiger partial charge in [-0.15, -0.1) is 0 Å². The number of ether oxygens (including phenoxy) is 1. The quantitative estimate of drug-likeness (QED) is 0.299. The number of hydrogen-bond donors (Lipinski definition) is 0. The van der Waals surface area contributed by atoms with E-state index in [0.29, 0.717) is 6.54 Å². The lowest BCUT2D eigenvalue weighted by molar-refractivity contribution is 0.0266. The first kappa shape index (κ1) is 14.2. The van der Waals surface area contributed by atoms with Gasteiger partial charge in [0.05, 0.1) is 12.2 Å². The van der Waals surface area contributed by atoms with Gasteiger partial charge in [-0.2, -0.15) is 0 Å². The van der Waals surface area contributed by atoms with Gasteiger partial charge in [-0.1, -0.05) is 19.0 Å². The van der Waals surface area contributed by atoms with Crippen LogP contribution in [0.3, 0.4) is 0 Å². The van der Waals surface area contributed by atoms with Crippen molar-refractivity contribution in [3.8, 4) is 0 Å². The van der Waals surface area contributed by atoms with Crippen LogP contribution in [0.5, 0.6) is 0 Å². The lowest BCUT2D eigenvalue weighted by Gasteiger charge is -2.09. The van der Waals surface area contributed by atoms with Crippen LogP contribution in [0.2, 0.25) is 0 Å². The molecule has 1 aliphatic heterocycles. The topological polar surface area (TPSA) is 58.0 Å². The number of azide groups is 1. The molecule has 1 fully saturated rings. The molecule has 2 unspecified atom stereocenters. The van der Waals surface area contributed by atoms with E-state index in [-0.39, 0.29) is 18.9 Å². The highest BCUT2D eigenvalue weighted by molar-refractivity contribution is 4.73. The van der Waals surface area contributed by atoms with Crippen LogP contribution in [0.4, 0.5) is 4.39 Å². The fraction of sp³-hybridized carbons (Fsp3) is 1.00. The summed E-state index contributed by atoms with van der Waals surface area (Å²) in [6, 6.07) is 0. The summed E-state index contributed by atoms with van der Waals surface area (Å²) in [4.78, 5) is 2.66. The van der Waals surface area contributed by atoms with E-state index in [1.165, 1.54) is 0 Å². The molecule has 15 heavy (non-hydrogen) atoms. The molecule has 1 heterocycles. The van der Waals surface area contributed by atoms with Gasteiger partial charge in [0.15, 0.2) is 0 Å². The van der Waals surface area contributed by atoms with E-state index in [4.69, 9.17) is 10.3 Å². The third-order valence-electron chi connectivity index (χ3n) is 2.22. The highest BCUT2D eigenvalue weighted by Gasteiger charge is 2.24. The average molecular weight is 216 g/mol. The Hall–Kier alpha value is -0.800. The van der Waals surface area contributed by atoms with Gasteiger partial charge in [0.25, 0.3) is 0 Å². The minimum absolute atomic E-state index is 0.176. The molecular formula is C10H20FN3O. The first-order valence-corrected chi connectivity index (χ1v) is 5.59. The number of nitrogens with zero attached hydrogens (tertiary/aromatic N) is 3. The van der Waals surface area contributed by atoms with Crippen LogP contribution < -0.4 is 0 Å². The lowest BCUT2D eigenvalue weighted by atomic mass is 10.1. The van der Waals surface area contributed by atoms with Crippen LogP contribution in [-0.2, 0) is 4.74 Å². The Morgan fingerprint density at radius 3 is 2.60 bits per heavy atom. The van der Waals surface area contributed by atoms with Crippen molar-refractivity contribution in [1.82, 2.24) is 0 Å². The van der Waals surface area contributed by atoms with Gasteiger partial charge in [0, 0.05) is 11.5 Å². The summed E-state index contributed by atoms with van der Waals surface area (Å²) >= 11 is 0. The Kier molecular flexibility index (Phi) is 9.22. The van der Waals surface area contributed by atoms with Crippen LogP contribution in [0.15, 0.2) is 5.11 Å². The van der Waals surface area contributed by atoms with Crippen molar-refractivity contribution >= 4 is 0 Å². The Bertz CT molecular complexity index is 195. The fourth-order valence-corrected chi connectivity index (χ4v) is 1.54. The standard InChI is InChI=1S/C8H14FN3O.C2H6/c9-6-8-4-3-7(13-8)2-1-5-11-12-10;1-2/h7-8H,1-6H2;1-2H3/i9-1;. The molecule has 1 aliphatic rings. The first-order valence-electron chi connectivity index (χ1n) is 5.59. The predicted octanol–water partition coefficient (Wildman–Crippen LogP) is 3.62. The van der Waals surface area contributed by atoms with Crippen molar-refractivity contribution < 1.29 is 9.13 Å². The Labute approximate surface area is 90.4 Å². The van der Waals surface area contributed by atoms with Crippen LogP contribution >= 0.6 is 0 Å². The predicted molar refractivity (Wildman–Crippen MR) is 58.5 cm³/mol. The van der Waals surface area contributed by atoms with Crippen molar-refractivity contribution in [2.45, 2.75) is 51.7 Å². The molecule has 5 heteroatoms. The molecule has 0 aliphatic carbocycles. The van der Waals surface area contributed by atoms with Crippen molar-refractivity contribution in [2.75, 3.05) is 13.2 Å². The summed E-state index contributed by atoms with van der Waals surface area (Å²) in [6.07, 6.45) is 3.44. The molecule has 0 saturated carbocycles. The second-order valence-electron chi connectivity index (χ2n) is 3.21. The summed E-state index contributed by atoms with van der Waals surface area (Å²) in [7, 11) is 0. The highest BCUT2D eigenvalue weighted by Crippen LogP contribution is 2.23. The van der Waals surface area contributed by atoms with E-state index in [1.807, 2.05) is 13.8 Å². The molecule has 4 nitrogen and oxygen atoms in total. The molecule has 2 atom stereocenters. The summed E-state index contributed by atoms with van der Waals surface area (Å²) < 4.78 is 17.5. The van der Waals surface area contributed by atoms with Crippen molar-refractivity contribution in [3.63, 3.8) is 0 Å². The summed E-state index contributed by atoms with van der Waals surface area (Å²) in [5, 5.41) is 3.42. The molecule has 0 aromatic heterocycles. The molecule has 1 rings (SSSR count). The average Bonchev–Trinajstić information content (AvgIpc) is 2.75. The monoisotopic (exact) mass is 216 g/mol. The van der Waals surface area contributed by atoms with E-state index < -0.39 is 0 Å². The molecule has 0 spiro atoms. The SMILES string of the molecule is CC.[N-]=[N+]=NCCCC1CCC(C[18F])O1. The van der Waals surface area contributed by atoms with Gasteiger partial charge in [-0.25, -0.2) is 4.39 Å². The second kappa shape index (κ2) is 9.74. The Balaban J connectivity index is 0.000000921. The maximum absolute atomic E-state index is 12.1. The van der Waals surface area contributed by atoms with Crippen molar-refractivity contribution in [3.05, 3.63) is 10.4 Å². The van der Waals surface area contributed by atoms with Gasteiger partial charge >= 0.3 is 0 Å². The second-order valence-corrected chi connectivity index (χ2v) is 3.21. The molecule has 0 aromatic carbocycles. The molecule has 88 valence electrons. The van der Waals surface area contributed by atoms with Gasteiger partial charge in [-0.05, 0) is 31.2 Å². The van der Waals surface area contributed by atoms with Crippen molar-refractivity contribution in [1.29, 1.82) is 0 Å². The van der Waals surface area contributed by atoms with E-state index in [1.54, 1.807) is 0 Å². The van der Waals surface area contributed by atoms with E-state index in [9.17, 15) is 4.39 Å². The Morgan fingerprint density at radius 2 is 2.07 bits per heavy atom. The van der Waals surface area contributed by atoms with Gasteiger partial charge < -0.3 is 4.74 Å². The third kappa shape index (κ3) is 6.31. The van der Waals surface area contributed by atoms with E-state index >= 15 is 0 Å². The molecule has 0 amide bonds. The maximum Gasteiger partial charge on any atom is 0.116 e. The number of halogens is 1. The maximum atomic E-state index is 12.1. The third-order valence-corrected chi connectivity index (χ3v) is 2.22. The normalized spacial score (nSPS) is 23.9. The molecule has 0 bridgehead atoms. The molecule has 1 saturated heterocycles. The van der Waals surface area contributed by atoms with Crippen LogP contribution in [-0.4, -0.2) is 25.4 Å². The summed E-state index contributed by atoms with van der Waals surface area (Å²) in [5.41, 5.74) is 8.02. The number of hydrogen-bond acceptors (Lipinski definition) is 2. The molecule has 0 N–H and O–H groups in total. The number of rotatable bonds is 5. The summed E-state index contributed by atoms with van der Waals surface area (Å²) in [5.74, 6) is 0. The van der Waals surface area contributed by atoms with Crippen LogP contribution in [0.1, 0.15) is 39.5 Å². The molecule has 0 aromatic rings. The van der Waals surface area contributed by atoms with Gasteiger partial charge in [0.1, 0.15) is 6.67 Å². The van der Waals surface area contributed by atoms with Gasteiger partial charge in [-0.3, -0.25) is 0 Å². The van der Waals surface area contributed by atoms with Crippen molar-refractivity contribution in [2.24, 2.45) is 5.11 Å². The van der Waals surface area contributed by atoms with Gasteiger partial charge in [0.2, 0.25) is 0 Å². The number of alkyl halides is 1. The largest absolute Gasteiger partial charge is 0.372 e. The van der Waals surface area contributed by atoms with Crippen LogP contribution in [0.25, 0.3) is 10.4 Å². The van der Waals surface area contributed by atoms with E-state index in [2.05, 4.69) is 10.0 Å². The van der Waals surface area contributed by atoms with Crippen LogP contribution in [0, 0.1) is 0 Å². The molecular weight excluding hydrogens is 196 g/mol. The molecule has 0 radical (unpaired) electrons. The smallest absolute Gasteiger partial charge is 0.116 e. The summed E-state index contributed by atoms with van der Waals surface area (Å²) in [6.45, 7) is 4.13. The minimum Gasteiger partial charge on any atom is -0.372 e. The zero-order valence-corrected chi connectivity index (χ0v) is 9.53. The highest BCUT2D eigenvalue weighted by atomic mass is 18.2. The first-order chi connectivity index (χ1) is 7.36. The Morgan fingerprint density at radius 1 is 1.40 bits per heavy atom. The fourth-order valence-electron chi connectivity index (χ4n) is 1.54. The lowest BCUT2D eigenvalue weighted by Crippen LogP contribution is -2.12. The van der Waals surface area contributed by atoms with E-state index in [0.717, 1.165) is 25.7 Å².